The lowest BCUT2D eigenvalue weighted by Gasteiger charge is -2.06. The molecule has 2 aromatic carbocycles. The Labute approximate surface area is 164 Å². The number of rotatable bonds is 6. The SMILES string of the molecule is CCOC(=O)CCn1c(=NC(=O)c2cccc(F)c2)sc2cc(OC)ccc21. The minimum absolute atomic E-state index is 0.146. The monoisotopic (exact) mass is 402 g/mol. The lowest BCUT2D eigenvalue weighted by molar-refractivity contribution is -0.143. The maximum absolute atomic E-state index is 13.4. The molecule has 1 amide bonds. The van der Waals surface area contributed by atoms with E-state index in [1.54, 1.807) is 24.7 Å². The molecule has 3 aromatic rings. The number of esters is 1. The molecule has 0 fully saturated rings. The van der Waals surface area contributed by atoms with Crippen molar-refractivity contribution in [3.63, 3.8) is 0 Å². The third-order valence-electron chi connectivity index (χ3n) is 4.00. The van der Waals surface area contributed by atoms with Crippen LogP contribution >= 0.6 is 11.3 Å². The molecule has 8 heteroatoms. The van der Waals surface area contributed by atoms with E-state index in [2.05, 4.69) is 4.99 Å². The predicted octanol–water partition coefficient (Wildman–Crippen LogP) is 3.54. The second-order valence-corrected chi connectivity index (χ2v) is 6.86. The Morgan fingerprint density at radius 2 is 2.04 bits per heavy atom. The molecule has 0 unspecified atom stereocenters. The highest BCUT2D eigenvalue weighted by Gasteiger charge is 2.12. The summed E-state index contributed by atoms with van der Waals surface area (Å²) in [5.41, 5.74) is 0.980. The number of carbonyl (C=O) groups is 2. The highest BCUT2D eigenvalue weighted by molar-refractivity contribution is 7.16. The van der Waals surface area contributed by atoms with Crippen molar-refractivity contribution in [3.05, 3.63) is 58.6 Å². The molecule has 0 atom stereocenters. The first kappa shape index (κ1) is 19.8. The number of ether oxygens (including phenoxy) is 2. The Bertz CT molecular complexity index is 1090. The molecule has 3 rings (SSSR count). The molecule has 0 aliphatic heterocycles. The first-order valence-electron chi connectivity index (χ1n) is 8.69. The van der Waals surface area contributed by atoms with E-state index in [0.717, 1.165) is 16.3 Å². The van der Waals surface area contributed by atoms with Gasteiger partial charge < -0.3 is 14.0 Å². The Hall–Kier alpha value is -3.00. The number of methoxy groups -OCH3 is 1. The Morgan fingerprint density at radius 1 is 1.21 bits per heavy atom. The molecule has 0 aliphatic rings. The molecule has 0 radical (unpaired) electrons. The van der Waals surface area contributed by atoms with Crippen molar-refractivity contribution in [1.82, 2.24) is 4.57 Å². The topological polar surface area (TPSA) is 69.9 Å². The van der Waals surface area contributed by atoms with Crippen molar-refractivity contribution in [2.45, 2.75) is 19.9 Å². The summed E-state index contributed by atoms with van der Waals surface area (Å²) in [4.78, 5) is 28.9. The third kappa shape index (κ3) is 4.45. The number of hydrogen-bond acceptors (Lipinski definition) is 5. The second-order valence-electron chi connectivity index (χ2n) is 5.85. The van der Waals surface area contributed by atoms with Crippen LogP contribution in [0.3, 0.4) is 0 Å². The van der Waals surface area contributed by atoms with Crippen LogP contribution in [0.5, 0.6) is 5.75 Å². The van der Waals surface area contributed by atoms with Crippen molar-refractivity contribution in [3.8, 4) is 5.75 Å². The van der Waals surface area contributed by atoms with E-state index in [9.17, 15) is 14.0 Å². The maximum Gasteiger partial charge on any atom is 0.307 e. The first-order chi connectivity index (χ1) is 13.5. The van der Waals surface area contributed by atoms with Gasteiger partial charge in [0, 0.05) is 12.1 Å². The van der Waals surface area contributed by atoms with Crippen molar-refractivity contribution in [2.75, 3.05) is 13.7 Å². The number of benzene rings is 2. The van der Waals surface area contributed by atoms with Crippen LogP contribution in [0.2, 0.25) is 0 Å². The fourth-order valence-corrected chi connectivity index (χ4v) is 3.77. The van der Waals surface area contributed by atoms with Gasteiger partial charge in [0.25, 0.3) is 5.91 Å². The molecule has 0 saturated heterocycles. The smallest absolute Gasteiger partial charge is 0.307 e. The average Bonchev–Trinajstić information content (AvgIpc) is 3.02. The fourth-order valence-electron chi connectivity index (χ4n) is 2.69. The lowest BCUT2D eigenvalue weighted by Crippen LogP contribution is -2.19. The zero-order valence-corrected chi connectivity index (χ0v) is 16.3. The standard InChI is InChI=1S/C20H19FN2O4S/c1-3-27-18(24)9-10-23-16-8-7-15(26-2)12-17(16)28-20(23)22-19(25)13-5-4-6-14(21)11-13/h4-8,11-12H,3,9-10H2,1-2H3. The molecule has 0 spiro atoms. The van der Waals surface area contributed by atoms with Gasteiger partial charge in [-0.25, -0.2) is 4.39 Å². The van der Waals surface area contributed by atoms with Gasteiger partial charge in [0.15, 0.2) is 4.80 Å². The quantitative estimate of drug-likeness (QED) is 0.592. The maximum atomic E-state index is 13.4. The van der Waals surface area contributed by atoms with E-state index in [0.29, 0.717) is 23.7 Å². The molecule has 0 bridgehead atoms. The number of aromatic nitrogens is 1. The molecule has 1 aromatic heterocycles. The third-order valence-corrected chi connectivity index (χ3v) is 5.04. The van der Waals surface area contributed by atoms with E-state index in [1.165, 1.54) is 29.5 Å². The van der Waals surface area contributed by atoms with Crippen LogP contribution in [-0.4, -0.2) is 30.2 Å². The van der Waals surface area contributed by atoms with Gasteiger partial charge in [-0.2, -0.15) is 4.99 Å². The number of hydrogen-bond donors (Lipinski definition) is 0. The summed E-state index contributed by atoms with van der Waals surface area (Å²) in [5.74, 6) is -0.709. The summed E-state index contributed by atoms with van der Waals surface area (Å²) in [5, 5.41) is 0. The number of thiazole rings is 1. The van der Waals surface area contributed by atoms with Crippen LogP contribution in [0.15, 0.2) is 47.5 Å². The predicted molar refractivity (Wildman–Crippen MR) is 104 cm³/mol. The second kappa shape index (κ2) is 8.79. The summed E-state index contributed by atoms with van der Waals surface area (Å²) in [7, 11) is 1.57. The van der Waals surface area contributed by atoms with Gasteiger partial charge in [-0.15, -0.1) is 0 Å². The molecule has 28 heavy (non-hydrogen) atoms. The van der Waals surface area contributed by atoms with E-state index >= 15 is 0 Å². The van der Waals surface area contributed by atoms with E-state index in [1.807, 2.05) is 12.1 Å². The van der Waals surface area contributed by atoms with Crippen LogP contribution in [0.25, 0.3) is 10.2 Å². The van der Waals surface area contributed by atoms with Gasteiger partial charge in [0.1, 0.15) is 11.6 Å². The normalized spacial score (nSPS) is 11.6. The van der Waals surface area contributed by atoms with Crippen LogP contribution < -0.4 is 9.54 Å². The van der Waals surface area contributed by atoms with Crippen LogP contribution in [-0.2, 0) is 16.1 Å². The summed E-state index contributed by atoms with van der Waals surface area (Å²) in [6, 6.07) is 10.9. The largest absolute Gasteiger partial charge is 0.497 e. The highest BCUT2D eigenvalue weighted by atomic mass is 32.1. The number of carbonyl (C=O) groups excluding carboxylic acids is 2. The number of nitrogens with zero attached hydrogens (tertiary/aromatic N) is 2. The van der Waals surface area contributed by atoms with Gasteiger partial charge in [0.05, 0.1) is 30.4 Å². The van der Waals surface area contributed by atoms with Crippen LogP contribution in [0.4, 0.5) is 4.39 Å². The van der Waals surface area contributed by atoms with Gasteiger partial charge in [-0.3, -0.25) is 9.59 Å². The summed E-state index contributed by atoms with van der Waals surface area (Å²) in [6.45, 7) is 2.36. The molecular formula is C20H19FN2O4S. The van der Waals surface area contributed by atoms with Gasteiger partial charge in [-0.05, 0) is 43.3 Å². The summed E-state index contributed by atoms with van der Waals surface area (Å²) >= 11 is 1.30. The van der Waals surface area contributed by atoms with E-state index in [-0.39, 0.29) is 18.0 Å². The van der Waals surface area contributed by atoms with Gasteiger partial charge >= 0.3 is 5.97 Å². The molecule has 146 valence electrons. The highest BCUT2D eigenvalue weighted by Crippen LogP contribution is 2.23. The molecule has 0 aliphatic carbocycles. The van der Waals surface area contributed by atoms with Gasteiger partial charge in [-0.1, -0.05) is 17.4 Å². The van der Waals surface area contributed by atoms with Crippen molar-refractivity contribution < 1.29 is 23.5 Å². The van der Waals surface area contributed by atoms with Crippen molar-refractivity contribution in [1.29, 1.82) is 0 Å². The average molecular weight is 402 g/mol. The summed E-state index contributed by atoms with van der Waals surface area (Å²) in [6.07, 6.45) is 0.146. The number of halogens is 1. The Kier molecular flexibility index (Phi) is 6.20. The first-order valence-corrected chi connectivity index (χ1v) is 9.51. The zero-order chi connectivity index (χ0) is 20.1. The minimum atomic E-state index is -0.553. The Balaban J connectivity index is 2.04. The van der Waals surface area contributed by atoms with Crippen LogP contribution in [0, 0.1) is 5.82 Å². The van der Waals surface area contributed by atoms with E-state index in [4.69, 9.17) is 9.47 Å². The zero-order valence-electron chi connectivity index (χ0n) is 15.5. The molecule has 1 heterocycles. The number of amides is 1. The summed E-state index contributed by atoms with van der Waals surface area (Å²) < 4.78 is 26.3. The van der Waals surface area contributed by atoms with Crippen LogP contribution in [0.1, 0.15) is 23.7 Å². The Morgan fingerprint density at radius 3 is 2.75 bits per heavy atom. The minimum Gasteiger partial charge on any atom is -0.497 e. The molecule has 0 saturated carbocycles. The number of fused-ring (bicyclic) bond motifs is 1. The van der Waals surface area contributed by atoms with Crippen molar-refractivity contribution >= 4 is 33.4 Å². The molecule has 0 N–H and O–H groups in total. The van der Waals surface area contributed by atoms with E-state index < -0.39 is 11.7 Å². The lowest BCUT2D eigenvalue weighted by atomic mass is 10.2. The van der Waals surface area contributed by atoms with Crippen molar-refractivity contribution in [2.24, 2.45) is 4.99 Å². The number of aryl methyl sites for hydroxylation is 1. The molecule has 6 nitrogen and oxygen atoms in total. The van der Waals surface area contributed by atoms with Gasteiger partial charge in [0.2, 0.25) is 0 Å². The molecular weight excluding hydrogens is 383 g/mol. The fraction of sp³-hybridized carbons (Fsp3) is 0.250.